The van der Waals surface area contributed by atoms with Crippen molar-refractivity contribution < 1.29 is 32.6 Å². The highest BCUT2D eigenvalue weighted by molar-refractivity contribution is 7.91. The number of aryl methyl sites for hydroxylation is 1. The Balaban J connectivity index is 1.59. The molecule has 0 aliphatic rings. The zero-order valence-corrected chi connectivity index (χ0v) is 26.5. The molecule has 0 aliphatic heterocycles. The minimum absolute atomic E-state index is 0.0692. The molecule has 45 heavy (non-hydrogen) atoms. The standard InChI is InChI=1S/C33H38N4O7S/c1-5-45(42,43)28-18-17-27(19-25(28)21-35-32(41)44-33(2,3)4)36-29(38)8-6-7-22-9-13-24(14-10-22)30(31(39)40)37-26-15-11-23(20-34)12-16-26/h9-19,30,37H,5-8,21H2,1-4H3,(H,35,41)(H,36,38)(H,39,40). The summed E-state index contributed by atoms with van der Waals surface area (Å²) in [5.74, 6) is -1.43. The van der Waals surface area contributed by atoms with E-state index in [1.165, 1.54) is 25.1 Å². The van der Waals surface area contributed by atoms with Crippen LogP contribution >= 0.6 is 0 Å². The number of nitriles is 1. The van der Waals surface area contributed by atoms with Gasteiger partial charge in [-0.2, -0.15) is 5.26 Å². The maximum Gasteiger partial charge on any atom is 0.407 e. The molecular weight excluding hydrogens is 596 g/mol. The van der Waals surface area contributed by atoms with Gasteiger partial charge in [0.2, 0.25) is 5.91 Å². The number of rotatable bonds is 13. The van der Waals surface area contributed by atoms with Gasteiger partial charge in [-0.25, -0.2) is 18.0 Å². The van der Waals surface area contributed by atoms with Gasteiger partial charge in [0.15, 0.2) is 15.9 Å². The van der Waals surface area contributed by atoms with Crippen molar-refractivity contribution in [2.75, 3.05) is 16.4 Å². The normalized spacial score (nSPS) is 12.0. The summed E-state index contributed by atoms with van der Waals surface area (Å²) in [5, 5.41) is 27.0. The lowest BCUT2D eigenvalue weighted by Gasteiger charge is -2.20. The first-order valence-electron chi connectivity index (χ1n) is 14.4. The van der Waals surface area contributed by atoms with Crippen LogP contribution < -0.4 is 16.0 Å². The number of benzene rings is 3. The number of amides is 2. The minimum atomic E-state index is -3.59. The molecule has 0 saturated heterocycles. The van der Waals surface area contributed by atoms with Crippen molar-refractivity contribution in [1.29, 1.82) is 5.26 Å². The summed E-state index contributed by atoms with van der Waals surface area (Å²) >= 11 is 0. The number of hydrogen-bond acceptors (Lipinski definition) is 8. The summed E-state index contributed by atoms with van der Waals surface area (Å²) in [6.07, 6.45) is 0.603. The highest BCUT2D eigenvalue weighted by Crippen LogP contribution is 2.24. The average Bonchev–Trinajstić information content (AvgIpc) is 2.98. The van der Waals surface area contributed by atoms with Crippen LogP contribution in [0.1, 0.15) is 68.8 Å². The van der Waals surface area contributed by atoms with Crippen LogP contribution in [0.3, 0.4) is 0 Å². The third kappa shape index (κ3) is 10.7. The smallest absolute Gasteiger partial charge is 0.407 e. The van der Waals surface area contributed by atoms with Crippen molar-refractivity contribution in [2.24, 2.45) is 0 Å². The van der Waals surface area contributed by atoms with E-state index in [4.69, 9.17) is 10.00 Å². The van der Waals surface area contributed by atoms with Gasteiger partial charge in [-0.15, -0.1) is 0 Å². The molecule has 3 aromatic rings. The highest BCUT2D eigenvalue weighted by Gasteiger charge is 2.21. The van der Waals surface area contributed by atoms with E-state index in [-0.39, 0.29) is 29.5 Å². The second kappa shape index (κ2) is 15.2. The summed E-state index contributed by atoms with van der Waals surface area (Å²) in [4.78, 5) is 36.8. The van der Waals surface area contributed by atoms with Gasteiger partial charge in [-0.05, 0) is 92.8 Å². The Morgan fingerprint density at radius 3 is 2.20 bits per heavy atom. The first-order valence-corrected chi connectivity index (χ1v) is 16.1. The van der Waals surface area contributed by atoms with E-state index in [0.29, 0.717) is 40.9 Å². The number of carbonyl (C=O) groups is 3. The molecule has 3 aromatic carbocycles. The van der Waals surface area contributed by atoms with E-state index >= 15 is 0 Å². The fraction of sp³-hybridized carbons (Fsp3) is 0.333. The molecule has 0 radical (unpaired) electrons. The van der Waals surface area contributed by atoms with Crippen molar-refractivity contribution in [3.63, 3.8) is 0 Å². The van der Waals surface area contributed by atoms with Crippen molar-refractivity contribution in [1.82, 2.24) is 5.32 Å². The summed E-state index contributed by atoms with van der Waals surface area (Å²) in [6.45, 7) is 6.59. The van der Waals surface area contributed by atoms with Gasteiger partial charge < -0.3 is 25.8 Å². The predicted molar refractivity (Wildman–Crippen MR) is 170 cm³/mol. The first-order chi connectivity index (χ1) is 21.2. The molecular formula is C33H38N4O7S. The number of aliphatic carboxylic acids is 1. The molecule has 238 valence electrons. The van der Waals surface area contributed by atoms with Gasteiger partial charge in [-0.3, -0.25) is 4.79 Å². The second-order valence-electron chi connectivity index (χ2n) is 11.3. The van der Waals surface area contributed by atoms with Crippen molar-refractivity contribution in [3.05, 3.63) is 89.0 Å². The molecule has 0 spiro atoms. The molecule has 0 saturated carbocycles. The number of nitrogens with zero attached hydrogens (tertiary/aromatic N) is 1. The number of hydrogen-bond donors (Lipinski definition) is 4. The predicted octanol–water partition coefficient (Wildman–Crippen LogP) is 5.58. The van der Waals surface area contributed by atoms with Crippen molar-refractivity contribution in [3.8, 4) is 6.07 Å². The molecule has 0 fully saturated rings. The molecule has 0 aromatic heterocycles. The highest BCUT2D eigenvalue weighted by atomic mass is 32.2. The maximum atomic E-state index is 12.7. The zero-order valence-electron chi connectivity index (χ0n) is 25.7. The Hall–Kier alpha value is -4.89. The van der Waals surface area contributed by atoms with Gasteiger partial charge in [0, 0.05) is 24.3 Å². The van der Waals surface area contributed by atoms with E-state index < -0.39 is 33.5 Å². The Labute approximate surface area is 263 Å². The number of ether oxygens (including phenoxy) is 1. The van der Waals surface area contributed by atoms with Crippen LogP contribution in [0.4, 0.5) is 16.2 Å². The fourth-order valence-electron chi connectivity index (χ4n) is 4.38. The Morgan fingerprint density at radius 1 is 0.978 bits per heavy atom. The Morgan fingerprint density at radius 2 is 1.62 bits per heavy atom. The molecule has 1 unspecified atom stereocenters. The van der Waals surface area contributed by atoms with Crippen LogP contribution in [-0.2, 0) is 37.1 Å². The van der Waals surface area contributed by atoms with Crippen LogP contribution in [0, 0.1) is 11.3 Å². The lowest BCUT2D eigenvalue weighted by molar-refractivity contribution is -0.138. The number of carboxylic acid groups (broad SMARTS) is 1. The number of carbonyl (C=O) groups excluding carboxylic acids is 2. The summed E-state index contributed by atoms with van der Waals surface area (Å²) in [5.41, 5.74) is 2.54. The van der Waals surface area contributed by atoms with Crippen molar-refractivity contribution >= 4 is 39.2 Å². The van der Waals surface area contributed by atoms with Gasteiger partial charge in [0.05, 0.1) is 22.3 Å². The van der Waals surface area contributed by atoms with Crippen LogP contribution in [0.15, 0.2) is 71.6 Å². The van der Waals surface area contributed by atoms with Crippen LogP contribution in [-0.4, -0.2) is 42.8 Å². The number of anilines is 2. The van der Waals surface area contributed by atoms with E-state index in [1.54, 1.807) is 57.2 Å². The molecule has 0 aliphatic carbocycles. The van der Waals surface area contributed by atoms with Crippen LogP contribution in [0.25, 0.3) is 0 Å². The van der Waals surface area contributed by atoms with E-state index in [0.717, 1.165) is 5.56 Å². The van der Waals surface area contributed by atoms with Crippen LogP contribution in [0.5, 0.6) is 0 Å². The molecule has 1 atom stereocenters. The molecule has 12 heteroatoms. The van der Waals surface area contributed by atoms with Gasteiger partial charge in [-0.1, -0.05) is 31.2 Å². The topological polar surface area (TPSA) is 175 Å². The van der Waals surface area contributed by atoms with Crippen LogP contribution in [0.2, 0.25) is 0 Å². The Kier molecular flexibility index (Phi) is 11.7. The molecule has 2 amide bonds. The third-order valence-corrected chi connectivity index (χ3v) is 8.46. The van der Waals surface area contributed by atoms with E-state index in [2.05, 4.69) is 16.0 Å². The van der Waals surface area contributed by atoms with Gasteiger partial charge >= 0.3 is 12.1 Å². The minimum Gasteiger partial charge on any atom is -0.479 e. The first kappa shape index (κ1) is 34.6. The number of alkyl carbamates (subject to hydrolysis) is 1. The van der Waals surface area contributed by atoms with E-state index in [9.17, 15) is 27.9 Å². The molecule has 3 rings (SSSR count). The fourth-order valence-corrected chi connectivity index (χ4v) is 5.50. The quantitative estimate of drug-likeness (QED) is 0.187. The number of carboxylic acids is 1. The molecule has 0 heterocycles. The lowest BCUT2D eigenvalue weighted by Crippen LogP contribution is -2.32. The van der Waals surface area contributed by atoms with Crippen molar-refractivity contribution in [2.45, 2.75) is 70.0 Å². The SMILES string of the molecule is CCS(=O)(=O)c1ccc(NC(=O)CCCc2ccc(C(Nc3ccc(C#N)cc3)C(=O)O)cc2)cc1CNC(=O)OC(C)(C)C. The Bertz CT molecular complexity index is 1660. The number of sulfone groups is 1. The monoisotopic (exact) mass is 634 g/mol. The lowest BCUT2D eigenvalue weighted by atomic mass is 10.0. The number of nitrogens with one attached hydrogen (secondary N) is 3. The maximum absolute atomic E-state index is 12.7. The third-order valence-electron chi connectivity index (χ3n) is 6.64. The molecule has 11 nitrogen and oxygen atoms in total. The average molecular weight is 635 g/mol. The zero-order chi connectivity index (χ0) is 33.2. The largest absolute Gasteiger partial charge is 0.479 e. The summed E-state index contributed by atoms with van der Waals surface area (Å²) in [6, 6.07) is 19.1. The molecule has 4 N–H and O–H groups in total. The van der Waals surface area contributed by atoms with Gasteiger partial charge in [0.25, 0.3) is 0 Å². The van der Waals surface area contributed by atoms with E-state index in [1.807, 2.05) is 18.2 Å². The van der Waals surface area contributed by atoms with Gasteiger partial charge in [0.1, 0.15) is 5.60 Å². The summed E-state index contributed by atoms with van der Waals surface area (Å²) in [7, 11) is -3.59. The molecule has 0 bridgehead atoms. The summed E-state index contributed by atoms with van der Waals surface area (Å²) < 4.78 is 30.5. The second-order valence-corrected chi connectivity index (χ2v) is 13.6.